The molecule has 0 saturated carbocycles. The molecule has 0 amide bonds. The van der Waals surface area contributed by atoms with Crippen molar-refractivity contribution in [1.29, 1.82) is 0 Å². The second-order valence-electron chi connectivity index (χ2n) is 7.96. The third kappa shape index (κ3) is 5.60. The molecule has 0 unspecified atom stereocenters. The molecule has 0 aliphatic carbocycles. The molecule has 4 atom stereocenters. The fraction of sp³-hybridized carbons (Fsp3) is 0.308. The molecule has 164 valence electrons. The number of likely N-dealkylation sites (N-methyl/N-ethyl adjacent to an activating group) is 2. The van der Waals surface area contributed by atoms with Crippen molar-refractivity contribution in [3.63, 3.8) is 0 Å². The number of hydrogen-bond donors (Lipinski definition) is 2. The van der Waals surface area contributed by atoms with Crippen LogP contribution in [-0.4, -0.2) is 45.7 Å². The molecule has 0 aliphatic rings. The Morgan fingerprint density at radius 1 is 0.581 bits per heavy atom. The zero-order valence-electron chi connectivity index (χ0n) is 18.7. The Kier molecular flexibility index (Phi) is 8.36. The first-order valence-corrected chi connectivity index (χ1v) is 11.9. The van der Waals surface area contributed by atoms with Crippen LogP contribution in [0.15, 0.2) is 91.0 Å². The van der Waals surface area contributed by atoms with Crippen molar-refractivity contribution in [2.24, 2.45) is 0 Å². The Hall–Kier alpha value is -2.07. The van der Waals surface area contributed by atoms with E-state index in [0.29, 0.717) is 0 Å². The van der Waals surface area contributed by atoms with Gasteiger partial charge in [0.2, 0.25) is 0 Å². The number of rotatable bonds is 9. The summed E-state index contributed by atoms with van der Waals surface area (Å²) < 4.78 is 4.49. The predicted molar refractivity (Wildman–Crippen MR) is 130 cm³/mol. The number of benzene rings is 3. The van der Waals surface area contributed by atoms with Gasteiger partial charge >= 0.3 is 0 Å². The molecule has 0 heterocycles. The van der Waals surface area contributed by atoms with E-state index in [2.05, 4.69) is 49.4 Å². The molecule has 0 aliphatic heterocycles. The molecule has 2 N–H and O–H groups in total. The third-order valence-corrected chi connectivity index (χ3v) is 8.64. The summed E-state index contributed by atoms with van der Waals surface area (Å²) in [5.41, 5.74) is 1.81. The highest BCUT2D eigenvalue weighted by atomic mass is 31.1. The molecule has 3 aromatic carbocycles. The molecular formula is C26H33N2O2P. The summed E-state index contributed by atoms with van der Waals surface area (Å²) in [6, 6.07) is 29.7. The first-order chi connectivity index (χ1) is 14.9. The molecule has 0 spiro atoms. The standard InChI is InChI=1S/C26H33N2O2P/c1-20(25(29)22-14-8-5-9-15-22)27(3)31(24-18-12-7-13-19-24)28(4)21(2)26(30)23-16-10-6-11-17-23/h5-21,25-26,29-30H,1-4H3/t20-,21-,25-,26-/m0/s1. The van der Waals surface area contributed by atoms with Crippen LogP contribution >= 0.6 is 8.22 Å². The van der Waals surface area contributed by atoms with Gasteiger partial charge in [-0.1, -0.05) is 91.0 Å². The first kappa shape index (κ1) is 23.6. The second-order valence-corrected chi connectivity index (χ2v) is 10.3. The largest absolute Gasteiger partial charge is 0.387 e. The van der Waals surface area contributed by atoms with E-state index in [1.807, 2.05) is 78.9 Å². The summed E-state index contributed by atoms with van der Waals surface area (Å²) in [7, 11) is 3.17. The SMILES string of the molecule is C[C@@H]([C@H](O)c1ccccc1)N(C)P(c1ccccc1)N(C)[C@@H](C)[C@H](O)c1ccccc1. The zero-order valence-corrected chi connectivity index (χ0v) is 19.6. The van der Waals surface area contributed by atoms with Gasteiger partial charge in [-0.2, -0.15) is 0 Å². The fourth-order valence-corrected chi connectivity index (χ4v) is 6.31. The number of aliphatic hydroxyl groups excluding tert-OH is 2. The van der Waals surface area contributed by atoms with Crippen LogP contribution in [-0.2, 0) is 0 Å². The summed E-state index contributed by atoms with van der Waals surface area (Å²) in [5.74, 6) is 0. The van der Waals surface area contributed by atoms with E-state index in [1.54, 1.807) is 0 Å². The van der Waals surface area contributed by atoms with Gasteiger partial charge in [-0.25, -0.2) is 0 Å². The van der Waals surface area contributed by atoms with Crippen LogP contribution < -0.4 is 5.30 Å². The Morgan fingerprint density at radius 3 is 1.26 bits per heavy atom. The Morgan fingerprint density at radius 2 is 0.903 bits per heavy atom. The highest BCUT2D eigenvalue weighted by molar-refractivity contribution is 7.61. The maximum atomic E-state index is 11.1. The van der Waals surface area contributed by atoms with E-state index in [4.69, 9.17) is 0 Å². The van der Waals surface area contributed by atoms with E-state index < -0.39 is 20.4 Å². The van der Waals surface area contributed by atoms with Crippen LogP contribution in [0.4, 0.5) is 0 Å². The first-order valence-electron chi connectivity index (χ1n) is 10.7. The van der Waals surface area contributed by atoms with Crippen LogP contribution in [0.5, 0.6) is 0 Å². The maximum absolute atomic E-state index is 11.1. The molecule has 31 heavy (non-hydrogen) atoms. The lowest BCUT2D eigenvalue weighted by molar-refractivity contribution is 0.0951. The normalized spacial score (nSPS) is 15.8. The van der Waals surface area contributed by atoms with Crippen molar-refractivity contribution in [2.75, 3.05) is 14.1 Å². The Labute approximate surface area is 187 Å². The summed E-state index contributed by atoms with van der Waals surface area (Å²) in [6.45, 7) is 4.12. The highest BCUT2D eigenvalue weighted by Crippen LogP contribution is 2.47. The van der Waals surface area contributed by atoms with Crippen molar-refractivity contribution in [3.8, 4) is 0 Å². The zero-order chi connectivity index (χ0) is 22.4. The molecule has 3 rings (SSSR count). The molecule has 0 bridgehead atoms. The average molecular weight is 437 g/mol. The molecular weight excluding hydrogens is 403 g/mol. The lowest BCUT2D eigenvalue weighted by atomic mass is 10.0. The quantitative estimate of drug-likeness (QED) is 0.476. The lowest BCUT2D eigenvalue weighted by Crippen LogP contribution is -2.42. The van der Waals surface area contributed by atoms with E-state index in [1.165, 1.54) is 5.30 Å². The van der Waals surface area contributed by atoms with Gasteiger partial charge in [-0.05, 0) is 39.1 Å². The molecule has 0 saturated heterocycles. The van der Waals surface area contributed by atoms with E-state index in [-0.39, 0.29) is 12.1 Å². The van der Waals surface area contributed by atoms with Gasteiger partial charge < -0.3 is 10.2 Å². The minimum atomic E-state index is -0.956. The van der Waals surface area contributed by atoms with Gasteiger partial charge in [0, 0.05) is 17.4 Å². The second kappa shape index (κ2) is 11.0. The molecule has 0 aromatic heterocycles. The Bertz CT molecular complexity index is 853. The monoisotopic (exact) mass is 436 g/mol. The van der Waals surface area contributed by atoms with Gasteiger partial charge in [0.1, 0.15) is 0 Å². The minimum Gasteiger partial charge on any atom is -0.387 e. The summed E-state index contributed by atoms with van der Waals surface area (Å²) in [5, 5.41) is 23.3. The van der Waals surface area contributed by atoms with Crippen molar-refractivity contribution in [1.82, 2.24) is 9.34 Å². The smallest absolute Gasteiger partial charge is 0.0946 e. The molecule has 4 nitrogen and oxygen atoms in total. The topological polar surface area (TPSA) is 46.9 Å². The van der Waals surface area contributed by atoms with Crippen LogP contribution in [0.1, 0.15) is 37.2 Å². The third-order valence-electron chi connectivity index (χ3n) is 5.96. The van der Waals surface area contributed by atoms with Gasteiger partial charge in [0.25, 0.3) is 0 Å². The summed E-state index contributed by atoms with van der Waals surface area (Å²) in [6.07, 6.45) is -1.22. The average Bonchev–Trinajstić information content (AvgIpc) is 2.83. The van der Waals surface area contributed by atoms with E-state index >= 15 is 0 Å². The molecule has 0 fully saturated rings. The maximum Gasteiger partial charge on any atom is 0.0946 e. The highest BCUT2D eigenvalue weighted by Gasteiger charge is 2.34. The van der Waals surface area contributed by atoms with Crippen molar-refractivity contribution in [2.45, 2.75) is 38.1 Å². The van der Waals surface area contributed by atoms with Crippen LogP contribution in [0.25, 0.3) is 0 Å². The van der Waals surface area contributed by atoms with Crippen molar-refractivity contribution < 1.29 is 10.2 Å². The van der Waals surface area contributed by atoms with Gasteiger partial charge in [0.05, 0.1) is 20.4 Å². The lowest BCUT2D eigenvalue weighted by Gasteiger charge is -2.43. The summed E-state index contributed by atoms with van der Waals surface area (Å²) >= 11 is 0. The minimum absolute atomic E-state index is 0.114. The fourth-order valence-electron chi connectivity index (χ4n) is 3.76. The molecule has 3 aromatic rings. The van der Waals surface area contributed by atoms with Crippen LogP contribution in [0, 0.1) is 0 Å². The van der Waals surface area contributed by atoms with Crippen LogP contribution in [0.2, 0.25) is 0 Å². The predicted octanol–water partition coefficient (Wildman–Crippen LogP) is 4.73. The Balaban J connectivity index is 1.89. The molecule has 0 radical (unpaired) electrons. The van der Waals surface area contributed by atoms with E-state index in [9.17, 15) is 10.2 Å². The van der Waals surface area contributed by atoms with Gasteiger partial charge in [0.15, 0.2) is 0 Å². The summed E-state index contributed by atoms with van der Waals surface area (Å²) in [4.78, 5) is 0. The van der Waals surface area contributed by atoms with Crippen molar-refractivity contribution >= 4 is 13.5 Å². The van der Waals surface area contributed by atoms with Crippen LogP contribution in [0.3, 0.4) is 0 Å². The number of nitrogens with zero attached hydrogens (tertiary/aromatic N) is 2. The van der Waals surface area contributed by atoms with Gasteiger partial charge in [-0.15, -0.1) is 0 Å². The number of aliphatic hydroxyl groups is 2. The van der Waals surface area contributed by atoms with Crippen molar-refractivity contribution in [3.05, 3.63) is 102 Å². The number of hydrogen-bond acceptors (Lipinski definition) is 4. The molecule has 5 heteroatoms. The van der Waals surface area contributed by atoms with E-state index in [0.717, 1.165) is 11.1 Å². The van der Waals surface area contributed by atoms with Gasteiger partial charge in [-0.3, -0.25) is 9.34 Å².